The molecular formula is C47H34N2O2. The van der Waals surface area contributed by atoms with Crippen molar-refractivity contribution < 1.29 is 9.47 Å². The summed E-state index contributed by atoms with van der Waals surface area (Å²) in [4.78, 5) is 3.37. The van der Waals surface area contributed by atoms with Crippen LogP contribution in [0, 0.1) is 0 Å². The fourth-order valence-corrected chi connectivity index (χ4v) is 9.18. The number of hydrogen-bond donors (Lipinski definition) is 1. The zero-order chi connectivity index (χ0) is 33.5. The van der Waals surface area contributed by atoms with Crippen molar-refractivity contribution in [1.29, 1.82) is 0 Å². The summed E-state index contributed by atoms with van der Waals surface area (Å²) in [6.45, 7) is 0. The third-order valence-electron chi connectivity index (χ3n) is 11.3. The van der Waals surface area contributed by atoms with Crippen LogP contribution in [-0.4, -0.2) is 15.7 Å². The standard InChI is InChI=1S/C47H34N2O2/c1-2-12-32(13-3-1)49-41-20-7-4-14-34(41)35-16-10-15-33(46(35)49)30-23-25-38-44(28-30)50-42-21-8-5-17-36(42)47(38)37-18-6-9-22-43(37)51-45-29-31(24-26-39(45)47)40-19-11-27-48-40/h1-3,5-13,15-20,22-29,42,48H,4,14,21H2. The molecule has 2 unspecified atom stereocenters. The highest BCUT2D eigenvalue weighted by Gasteiger charge is 2.53. The van der Waals surface area contributed by atoms with Crippen LogP contribution in [0.4, 0.5) is 0 Å². The second-order valence-electron chi connectivity index (χ2n) is 13.9. The van der Waals surface area contributed by atoms with Crippen LogP contribution >= 0.6 is 0 Å². The van der Waals surface area contributed by atoms with Gasteiger partial charge in [0.05, 0.1) is 10.9 Å². The van der Waals surface area contributed by atoms with Crippen LogP contribution in [0.2, 0.25) is 0 Å². The highest BCUT2D eigenvalue weighted by atomic mass is 16.5. The lowest BCUT2D eigenvalue weighted by Gasteiger charge is -2.49. The summed E-state index contributed by atoms with van der Waals surface area (Å²) in [5.74, 6) is 2.67. The molecule has 2 aromatic heterocycles. The van der Waals surface area contributed by atoms with Crippen molar-refractivity contribution in [1.82, 2.24) is 9.55 Å². The van der Waals surface area contributed by atoms with E-state index < -0.39 is 5.41 Å². The molecule has 2 aliphatic carbocycles. The van der Waals surface area contributed by atoms with Crippen molar-refractivity contribution in [2.24, 2.45) is 0 Å². The minimum atomic E-state index is -0.583. The number of H-pyrrole nitrogens is 1. The first-order chi connectivity index (χ1) is 25.3. The van der Waals surface area contributed by atoms with Crippen LogP contribution in [0.15, 0.2) is 157 Å². The van der Waals surface area contributed by atoms with E-state index in [0.29, 0.717) is 0 Å². The molecule has 4 heteroatoms. The van der Waals surface area contributed by atoms with Gasteiger partial charge in [0, 0.05) is 62.9 Å². The number of nitrogens with one attached hydrogen (secondary N) is 1. The largest absolute Gasteiger partial charge is 0.485 e. The van der Waals surface area contributed by atoms with Crippen LogP contribution in [0.5, 0.6) is 17.2 Å². The van der Waals surface area contributed by atoms with Crippen molar-refractivity contribution in [2.75, 3.05) is 0 Å². The molecule has 1 spiro atoms. The molecule has 11 rings (SSSR count). The van der Waals surface area contributed by atoms with Gasteiger partial charge in [0.25, 0.3) is 0 Å². The van der Waals surface area contributed by atoms with Gasteiger partial charge in [-0.05, 0) is 78.1 Å². The maximum Gasteiger partial charge on any atom is 0.132 e. The second kappa shape index (κ2) is 10.9. The van der Waals surface area contributed by atoms with Crippen molar-refractivity contribution in [3.8, 4) is 45.3 Å². The van der Waals surface area contributed by atoms with Gasteiger partial charge in [0.1, 0.15) is 23.4 Å². The molecular weight excluding hydrogens is 625 g/mol. The monoisotopic (exact) mass is 658 g/mol. The normalized spacial score (nSPS) is 19.3. The van der Waals surface area contributed by atoms with Crippen LogP contribution < -0.4 is 9.47 Å². The molecule has 244 valence electrons. The first-order valence-corrected chi connectivity index (χ1v) is 17.9. The van der Waals surface area contributed by atoms with E-state index in [1.807, 2.05) is 12.3 Å². The van der Waals surface area contributed by atoms with Gasteiger partial charge >= 0.3 is 0 Å². The Hall–Kier alpha value is -6.26. The summed E-state index contributed by atoms with van der Waals surface area (Å²) in [7, 11) is 0. The molecule has 4 aliphatic rings. The van der Waals surface area contributed by atoms with Crippen molar-refractivity contribution in [3.63, 3.8) is 0 Å². The Morgan fingerprint density at radius 2 is 1.53 bits per heavy atom. The Labute approximate surface area is 296 Å². The van der Waals surface area contributed by atoms with Gasteiger partial charge in [0.2, 0.25) is 0 Å². The van der Waals surface area contributed by atoms with E-state index in [0.717, 1.165) is 70.0 Å². The Morgan fingerprint density at radius 3 is 2.43 bits per heavy atom. The molecule has 0 amide bonds. The minimum absolute atomic E-state index is 0.110. The number of hydrogen-bond acceptors (Lipinski definition) is 2. The van der Waals surface area contributed by atoms with Crippen molar-refractivity contribution in [2.45, 2.75) is 30.8 Å². The lowest BCUT2D eigenvalue weighted by molar-refractivity contribution is 0.201. The summed E-state index contributed by atoms with van der Waals surface area (Å²) >= 11 is 0. The molecule has 0 radical (unpaired) electrons. The number of para-hydroxylation sites is 3. The number of aromatic amines is 1. The van der Waals surface area contributed by atoms with Crippen LogP contribution in [0.1, 0.15) is 40.8 Å². The van der Waals surface area contributed by atoms with E-state index in [9.17, 15) is 0 Å². The molecule has 0 saturated heterocycles. The summed E-state index contributed by atoms with van der Waals surface area (Å²) in [6, 6.07) is 43.8. The van der Waals surface area contributed by atoms with Gasteiger partial charge in [-0.15, -0.1) is 0 Å². The van der Waals surface area contributed by atoms with E-state index in [1.54, 1.807) is 0 Å². The lowest BCUT2D eigenvalue weighted by Crippen LogP contribution is -2.45. The number of nitrogens with zero attached hydrogens (tertiary/aromatic N) is 1. The minimum Gasteiger partial charge on any atom is -0.485 e. The fraction of sp³-hybridized carbons (Fsp3) is 0.106. The number of rotatable bonds is 3. The first kappa shape index (κ1) is 28.6. The molecule has 4 nitrogen and oxygen atoms in total. The number of aryl methyl sites for hydroxylation is 1. The molecule has 4 heterocycles. The maximum absolute atomic E-state index is 7.06. The van der Waals surface area contributed by atoms with Gasteiger partial charge < -0.3 is 19.0 Å². The number of benzene rings is 5. The average molecular weight is 659 g/mol. The number of allylic oxidation sites excluding steroid dienone is 3. The zero-order valence-corrected chi connectivity index (χ0v) is 28.0. The summed E-state index contributed by atoms with van der Waals surface area (Å²) < 4.78 is 16.3. The number of aromatic nitrogens is 2. The Bertz CT molecular complexity index is 2620. The lowest BCUT2D eigenvalue weighted by atomic mass is 9.59. The fourth-order valence-electron chi connectivity index (χ4n) is 9.18. The van der Waals surface area contributed by atoms with Crippen molar-refractivity contribution in [3.05, 3.63) is 185 Å². The highest BCUT2D eigenvalue weighted by Crippen LogP contribution is 2.61. The zero-order valence-electron chi connectivity index (χ0n) is 28.0. The van der Waals surface area contributed by atoms with Gasteiger partial charge in [0.15, 0.2) is 0 Å². The summed E-state index contributed by atoms with van der Waals surface area (Å²) in [5.41, 5.74) is 13.7. The molecule has 5 aromatic carbocycles. The van der Waals surface area contributed by atoms with Crippen molar-refractivity contribution >= 4 is 17.0 Å². The quantitative estimate of drug-likeness (QED) is 0.205. The molecule has 1 N–H and O–H groups in total. The van der Waals surface area contributed by atoms with E-state index in [4.69, 9.17) is 9.47 Å². The molecule has 2 aliphatic heterocycles. The smallest absolute Gasteiger partial charge is 0.132 e. The van der Waals surface area contributed by atoms with Gasteiger partial charge in [-0.1, -0.05) is 103 Å². The third-order valence-corrected chi connectivity index (χ3v) is 11.3. The predicted octanol–water partition coefficient (Wildman–Crippen LogP) is 11.3. The Morgan fingerprint density at radius 1 is 0.706 bits per heavy atom. The SMILES string of the molecule is C1=CCC2Oc3cc(-c4cccc5c6c(n(-c7ccccc7)c45)C=CCC6)ccc3C3(C2=C1)c1ccccc1Oc1cc(-c2ccc[nH]2)ccc13. The highest BCUT2D eigenvalue weighted by molar-refractivity contribution is 6.01. The Kier molecular flexibility index (Phi) is 6.09. The first-order valence-electron chi connectivity index (χ1n) is 17.9. The summed E-state index contributed by atoms with van der Waals surface area (Å²) in [6.07, 6.45) is 16.1. The van der Waals surface area contributed by atoms with E-state index in [-0.39, 0.29) is 6.10 Å². The molecule has 0 fully saturated rings. The van der Waals surface area contributed by atoms with Crippen LogP contribution in [-0.2, 0) is 11.8 Å². The van der Waals surface area contributed by atoms with E-state index in [2.05, 4.69) is 155 Å². The maximum atomic E-state index is 7.06. The topological polar surface area (TPSA) is 39.2 Å². The van der Waals surface area contributed by atoms with Crippen LogP contribution in [0.3, 0.4) is 0 Å². The summed E-state index contributed by atoms with van der Waals surface area (Å²) in [5, 5.41) is 1.32. The molecule has 2 atom stereocenters. The third kappa shape index (κ3) is 4.02. The predicted molar refractivity (Wildman–Crippen MR) is 205 cm³/mol. The molecule has 0 saturated carbocycles. The second-order valence-corrected chi connectivity index (χ2v) is 13.9. The average Bonchev–Trinajstić information content (AvgIpc) is 3.85. The molecule has 0 bridgehead atoms. The van der Waals surface area contributed by atoms with Gasteiger partial charge in [-0.2, -0.15) is 0 Å². The molecule has 7 aromatic rings. The molecule has 51 heavy (non-hydrogen) atoms. The number of fused-ring (bicyclic) bond motifs is 11. The van der Waals surface area contributed by atoms with Crippen LogP contribution in [0.25, 0.3) is 45.1 Å². The van der Waals surface area contributed by atoms with E-state index >= 15 is 0 Å². The van der Waals surface area contributed by atoms with Gasteiger partial charge in [-0.25, -0.2) is 0 Å². The Balaban J connectivity index is 1.17. The van der Waals surface area contributed by atoms with Gasteiger partial charge in [-0.3, -0.25) is 0 Å². The number of ether oxygens (including phenoxy) is 2. The van der Waals surface area contributed by atoms with E-state index in [1.165, 1.54) is 39.0 Å².